The molecule has 2 rings (SSSR count). The summed E-state index contributed by atoms with van der Waals surface area (Å²) in [6.45, 7) is 2.68. The minimum absolute atomic E-state index is 0.199. The van der Waals surface area contributed by atoms with Crippen molar-refractivity contribution in [3.63, 3.8) is 0 Å². The molecule has 1 atom stereocenters. The molecule has 1 unspecified atom stereocenters. The van der Waals surface area contributed by atoms with Gasteiger partial charge in [-0.2, -0.15) is 0 Å². The molecular formula is C21H32N4O3. The third kappa shape index (κ3) is 7.25. The fourth-order valence-electron chi connectivity index (χ4n) is 2.81. The minimum atomic E-state index is 0.199. The molecule has 0 aliphatic heterocycles. The Kier molecular flexibility index (Phi) is 9.37. The molecule has 0 aliphatic carbocycles. The molecule has 0 radical (unpaired) electrons. The van der Waals surface area contributed by atoms with E-state index < -0.39 is 0 Å². The van der Waals surface area contributed by atoms with Crippen molar-refractivity contribution in [1.82, 2.24) is 15.5 Å². The highest BCUT2D eigenvalue weighted by molar-refractivity contribution is 5.79. The topological polar surface area (TPSA) is 71.3 Å². The SMILES string of the molecule is CN=C(NCCCOCc1ccco1)NCC(c1cccc(OC)c1)N(C)C. The number of ether oxygens (including phenoxy) is 2. The predicted octanol–water partition coefficient (Wildman–Crippen LogP) is 2.66. The number of methoxy groups -OCH3 is 1. The Bertz CT molecular complexity index is 701. The molecule has 0 bridgehead atoms. The van der Waals surface area contributed by atoms with Crippen molar-refractivity contribution in [3.8, 4) is 5.75 Å². The lowest BCUT2D eigenvalue weighted by Crippen LogP contribution is -2.42. The molecule has 0 saturated carbocycles. The largest absolute Gasteiger partial charge is 0.497 e. The second-order valence-corrected chi connectivity index (χ2v) is 6.62. The van der Waals surface area contributed by atoms with E-state index in [9.17, 15) is 0 Å². The molecule has 2 N–H and O–H groups in total. The van der Waals surface area contributed by atoms with Gasteiger partial charge in [0.15, 0.2) is 5.96 Å². The first-order valence-corrected chi connectivity index (χ1v) is 9.49. The summed E-state index contributed by atoms with van der Waals surface area (Å²) in [6.07, 6.45) is 2.54. The van der Waals surface area contributed by atoms with Gasteiger partial charge in [0.25, 0.3) is 0 Å². The van der Waals surface area contributed by atoms with Crippen LogP contribution in [-0.4, -0.2) is 58.8 Å². The number of rotatable bonds is 11. The zero-order valence-electron chi connectivity index (χ0n) is 17.3. The number of furan rings is 1. The van der Waals surface area contributed by atoms with Gasteiger partial charge in [0, 0.05) is 26.7 Å². The van der Waals surface area contributed by atoms with Gasteiger partial charge in [0.2, 0.25) is 0 Å². The van der Waals surface area contributed by atoms with Gasteiger partial charge in [0.05, 0.1) is 19.4 Å². The predicted molar refractivity (Wildman–Crippen MR) is 112 cm³/mol. The van der Waals surface area contributed by atoms with Crippen LogP contribution < -0.4 is 15.4 Å². The van der Waals surface area contributed by atoms with Gasteiger partial charge < -0.3 is 29.4 Å². The molecule has 0 amide bonds. The zero-order chi connectivity index (χ0) is 20.2. The van der Waals surface area contributed by atoms with Crippen LogP contribution in [0.2, 0.25) is 0 Å². The molecule has 7 heteroatoms. The van der Waals surface area contributed by atoms with Gasteiger partial charge in [-0.25, -0.2) is 0 Å². The quantitative estimate of drug-likeness (QED) is 0.350. The standard InChI is InChI=1S/C21H32N4O3/c1-22-21(23-11-7-12-27-16-19-10-6-13-28-19)24-15-20(25(2)3)17-8-5-9-18(14-17)26-4/h5-6,8-10,13-14,20H,7,11-12,15-16H2,1-4H3,(H2,22,23,24). The molecule has 7 nitrogen and oxygen atoms in total. The van der Waals surface area contributed by atoms with E-state index in [0.717, 1.165) is 37.0 Å². The number of likely N-dealkylation sites (N-methyl/N-ethyl adjacent to an activating group) is 1. The van der Waals surface area contributed by atoms with E-state index in [0.29, 0.717) is 13.2 Å². The van der Waals surface area contributed by atoms with Crippen LogP contribution in [0.5, 0.6) is 5.75 Å². The summed E-state index contributed by atoms with van der Waals surface area (Å²) in [4.78, 5) is 6.48. The maximum Gasteiger partial charge on any atom is 0.191 e. The highest BCUT2D eigenvalue weighted by atomic mass is 16.5. The number of nitrogens with zero attached hydrogens (tertiary/aromatic N) is 2. The van der Waals surface area contributed by atoms with Gasteiger partial charge in [-0.3, -0.25) is 4.99 Å². The van der Waals surface area contributed by atoms with Crippen LogP contribution in [0.4, 0.5) is 0 Å². The minimum Gasteiger partial charge on any atom is -0.497 e. The molecule has 28 heavy (non-hydrogen) atoms. The average molecular weight is 389 g/mol. The summed E-state index contributed by atoms with van der Waals surface area (Å²) in [7, 11) is 7.60. The molecule has 0 aliphatic rings. The molecule has 1 aromatic heterocycles. The molecule has 0 fully saturated rings. The summed E-state index contributed by atoms with van der Waals surface area (Å²) in [5.74, 6) is 2.49. The first kappa shape index (κ1) is 21.8. The Morgan fingerprint density at radius 2 is 2.07 bits per heavy atom. The Morgan fingerprint density at radius 1 is 1.21 bits per heavy atom. The summed E-state index contributed by atoms with van der Waals surface area (Å²) >= 11 is 0. The molecule has 1 aromatic carbocycles. The van der Waals surface area contributed by atoms with Gasteiger partial charge in [0.1, 0.15) is 18.1 Å². The van der Waals surface area contributed by atoms with Crippen LogP contribution >= 0.6 is 0 Å². The second kappa shape index (κ2) is 12.0. The molecule has 1 heterocycles. The first-order valence-electron chi connectivity index (χ1n) is 9.49. The molecule has 0 saturated heterocycles. The van der Waals surface area contributed by atoms with Crippen LogP contribution in [0, 0.1) is 0 Å². The monoisotopic (exact) mass is 388 g/mol. The van der Waals surface area contributed by atoms with Gasteiger partial charge in [-0.05, 0) is 50.3 Å². The summed E-state index contributed by atoms with van der Waals surface area (Å²) in [6, 6.07) is 12.1. The van der Waals surface area contributed by atoms with Crippen molar-refractivity contribution in [3.05, 3.63) is 54.0 Å². The lowest BCUT2D eigenvalue weighted by molar-refractivity contribution is 0.105. The van der Waals surface area contributed by atoms with Gasteiger partial charge in [-0.15, -0.1) is 0 Å². The lowest BCUT2D eigenvalue weighted by atomic mass is 10.1. The van der Waals surface area contributed by atoms with Crippen molar-refractivity contribution >= 4 is 5.96 Å². The van der Waals surface area contributed by atoms with Crippen LogP contribution in [0.25, 0.3) is 0 Å². The number of aliphatic imine (C=N–C) groups is 1. The Balaban J connectivity index is 1.73. The van der Waals surface area contributed by atoms with Crippen molar-refractivity contribution in [2.75, 3.05) is 47.9 Å². The van der Waals surface area contributed by atoms with Gasteiger partial charge >= 0.3 is 0 Å². The normalized spacial score (nSPS) is 12.8. The number of hydrogen-bond acceptors (Lipinski definition) is 5. The lowest BCUT2D eigenvalue weighted by Gasteiger charge is -2.26. The first-order chi connectivity index (χ1) is 13.6. The van der Waals surface area contributed by atoms with Crippen LogP contribution in [0.15, 0.2) is 52.1 Å². The number of guanidine groups is 1. The zero-order valence-corrected chi connectivity index (χ0v) is 17.3. The van der Waals surface area contributed by atoms with Crippen LogP contribution in [-0.2, 0) is 11.3 Å². The Hall–Kier alpha value is -2.51. The summed E-state index contributed by atoms with van der Waals surface area (Å²) < 4.78 is 16.2. The maximum atomic E-state index is 5.59. The molecular weight excluding hydrogens is 356 g/mol. The second-order valence-electron chi connectivity index (χ2n) is 6.62. The van der Waals surface area contributed by atoms with Gasteiger partial charge in [-0.1, -0.05) is 12.1 Å². The van der Waals surface area contributed by atoms with E-state index in [1.54, 1.807) is 20.4 Å². The number of nitrogens with one attached hydrogen (secondary N) is 2. The molecule has 2 aromatic rings. The van der Waals surface area contributed by atoms with Crippen molar-refractivity contribution in [1.29, 1.82) is 0 Å². The van der Waals surface area contributed by atoms with Crippen molar-refractivity contribution in [2.45, 2.75) is 19.1 Å². The van der Waals surface area contributed by atoms with E-state index in [4.69, 9.17) is 13.9 Å². The van der Waals surface area contributed by atoms with Crippen molar-refractivity contribution < 1.29 is 13.9 Å². The fourth-order valence-corrected chi connectivity index (χ4v) is 2.81. The molecule has 154 valence electrons. The van der Waals surface area contributed by atoms with E-state index in [1.165, 1.54) is 5.56 Å². The van der Waals surface area contributed by atoms with Crippen LogP contribution in [0.3, 0.4) is 0 Å². The van der Waals surface area contributed by atoms with E-state index in [1.807, 2.05) is 24.3 Å². The van der Waals surface area contributed by atoms with Crippen LogP contribution in [0.1, 0.15) is 23.8 Å². The Morgan fingerprint density at radius 3 is 2.75 bits per heavy atom. The van der Waals surface area contributed by atoms with Crippen molar-refractivity contribution in [2.24, 2.45) is 4.99 Å². The summed E-state index contributed by atoms with van der Waals surface area (Å²) in [5.41, 5.74) is 1.19. The smallest absolute Gasteiger partial charge is 0.191 e. The number of hydrogen-bond donors (Lipinski definition) is 2. The maximum absolute atomic E-state index is 5.59. The highest BCUT2D eigenvalue weighted by Crippen LogP contribution is 2.22. The average Bonchev–Trinajstić information content (AvgIpc) is 3.22. The van der Waals surface area contributed by atoms with E-state index in [-0.39, 0.29) is 6.04 Å². The Labute approximate surface area is 167 Å². The highest BCUT2D eigenvalue weighted by Gasteiger charge is 2.15. The van der Waals surface area contributed by atoms with E-state index >= 15 is 0 Å². The third-order valence-electron chi connectivity index (χ3n) is 4.37. The number of benzene rings is 1. The third-order valence-corrected chi connectivity index (χ3v) is 4.37. The summed E-state index contributed by atoms with van der Waals surface area (Å²) in [5, 5.41) is 6.72. The van der Waals surface area contributed by atoms with E-state index in [2.05, 4.69) is 46.8 Å². The molecule has 0 spiro atoms. The fraction of sp³-hybridized carbons (Fsp3) is 0.476.